The van der Waals surface area contributed by atoms with Crippen LogP contribution in [-0.2, 0) is 9.59 Å². The fraction of sp³-hybridized carbons (Fsp3) is 0.875. The van der Waals surface area contributed by atoms with Crippen LogP contribution in [0.1, 0.15) is 33.6 Å². The molecule has 1 aliphatic carbocycles. The summed E-state index contributed by atoms with van der Waals surface area (Å²) in [6.07, 6.45) is 2.25. The summed E-state index contributed by atoms with van der Waals surface area (Å²) >= 11 is 0. The molecule has 6 heteroatoms. The maximum atomic E-state index is 12.1. The van der Waals surface area contributed by atoms with E-state index in [4.69, 9.17) is 0 Å². The quantitative estimate of drug-likeness (QED) is 0.697. The van der Waals surface area contributed by atoms with Crippen molar-refractivity contribution in [2.45, 2.75) is 45.7 Å². The van der Waals surface area contributed by atoms with Gasteiger partial charge >= 0.3 is 0 Å². The molecule has 1 unspecified atom stereocenters. The third-order valence-corrected chi connectivity index (χ3v) is 4.33. The van der Waals surface area contributed by atoms with Crippen molar-refractivity contribution in [2.24, 2.45) is 5.92 Å². The Bertz CT molecular complexity index is 388. The zero-order valence-corrected chi connectivity index (χ0v) is 14.1. The highest BCUT2D eigenvalue weighted by Gasteiger charge is 2.30. The third kappa shape index (κ3) is 5.57. The number of nitrogens with zero attached hydrogens (tertiary/aromatic N) is 2. The zero-order valence-electron chi connectivity index (χ0n) is 14.1. The maximum absolute atomic E-state index is 12.1. The molecule has 1 saturated heterocycles. The predicted octanol–water partition coefficient (Wildman–Crippen LogP) is 0.0433. The lowest BCUT2D eigenvalue weighted by atomic mass is 10.2. The normalized spacial score (nSPS) is 21.6. The zero-order chi connectivity index (χ0) is 16.1. The highest BCUT2D eigenvalue weighted by molar-refractivity contribution is 5.82. The monoisotopic (exact) mass is 310 g/mol. The molecule has 0 spiro atoms. The van der Waals surface area contributed by atoms with Gasteiger partial charge in [0.25, 0.3) is 0 Å². The number of rotatable bonds is 7. The Kier molecular flexibility index (Phi) is 6.20. The third-order valence-electron chi connectivity index (χ3n) is 4.33. The number of piperazine rings is 1. The van der Waals surface area contributed by atoms with Gasteiger partial charge in [0.05, 0.1) is 12.6 Å². The second kappa shape index (κ2) is 7.92. The van der Waals surface area contributed by atoms with Crippen LogP contribution in [0, 0.1) is 5.92 Å². The molecular formula is C16H30N4O2. The van der Waals surface area contributed by atoms with Crippen LogP contribution in [0.4, 0.5) is 0 Å². The number of hydrogen-bond donors (Lipinski definition) is 2. The molecular weight excluding hydrogens is 280 g/mol. The molecule has 6 nitrogen and oxygen atoms in total. The molecule has 1 aliphatic heterocycles. The van der Waals surface area contributed by atoms with Crippen LogP contribution >= 0.6 is 0 Å². The summed E-state index contributed by atoms with van der Waals surface area (Å²) < 4.78 is 0. The fourth-order valence-electron chi connectivity index (χ4n) is 2.60. The van der Waals surface area contributed by atoms with E-state index in [1.807, 2.05) is 6.92 Å². The topological polar surface area (TPSA) is 64.7 Å². The molecule has 1 atom stereocenters. The highest BCUT2D eigenvalue weighted by atomic mass is 16.2. The molecule has 1 heterocycles. The highest BCUT2D eigenvalue weighted by Crippen LogP contribution is 2.19. The van der Waals surface area contributed by atoms with Gasteiger partial charge in [0.2, 0.25) is 11.8 Å². The molecule has 2 aliphatic rings. The standard InChI is InChI=1S/C16H30N4O2/c1-12(2)10-17-15(21)11-19-6-8-20(9-7-19)13(3)16(22)18-14-4-5-14/h12-14H,4-11H2,1-3H3,(H,17,21)(H,18,22). The van der Waals surface area contributed by atoms with Gasteiger partial charge in [-0.2, -0.15) is 0 Å². The molecule has 2 N–H and O–H groups in total. The van der Waals surface area contributed by atoms with E-state index in [2.05, 4.69) is 34.3 Å². The van der Waals surface area contributed by atoms with Crippen LogP contribution in [0.25, 0.3) is 0 Å². The van der Waals surface area contributed by atoms with Crippen LogP contribution < -0.4 is 10.6 Å². The van der Waals surface area contributed by atoms with Crippen molar-refractivity contribution < 1.29 is 9.59 Å². The second-order valence-electron chi connectivity index (χ2n) is 6.97. The molecule has 2 amide bonds. The van der Waals surface area contributed by atoms with Crippen LogP contribution in [0.3, 0.4) is 0 Å². The molecule has 0 aromatic rings. The molecule has 0 radical (unpaired) electrons. The van der Waals surface area contributed by atoms with Gasteiger partial charge in [0.15, 0.2) is 0 Å². The number of hydrogen-bond acceptors (Lipinski definition) is 4. The Balaban J connectivity index is 1.66. The molecule has 0 aromatic carbocycles. The van der Waals surface area contributed by atoms with Crippen molar-refractivity contribution in [3.63, 3.8) is 0 Å². The first kappa shape index (κ1) is 17.2. The summed E-state index contributed by atoms with van der Waals surface area (Å²) in [4.78, 5) is 28.3. The number of nitrogens with one attached hydrogen (secondary N) is 2. The lowest BCUT2D eigenvalue weighted by Gasteiger charge is -2.37. The summed E-state index contributed by atoms with van der Waals surface area (Å²) in [7, 11) is 0. The van der Waals surface area contributed by atoms with Crippen molar-refractivity contribution in [2.75, 3.05) is 39.3 Å². The van der Waals surface area contributed by atoms with Gasteiger partial charge in [-0.05, 0) is 25.7 Å². The van der Waals surface area contributed by atoms with E-state index < -0.39 is 0 Å². The van der Waals surface area contributed by atoms with Gasteiger partial charge in [0, 0.05) is 38.8 Å². The van der Waals surface area contributed by atoms with Gasteiger partial charge in [-0.3, -0.25) is 19.4 Å². The van der Waals surface area contributed by atoms with Crippen molar-refractivity contribution in [1.29, 1.82) is 0 Å². The van der Waals surface area contributed by atoms with E-state index in [9.17, 15) is 9.59 Å². The van der Waals surface area contributed by atoms with Crippen LogP contribution in [-0.4, -0.2) is 73.0 Å². The Morgan fingerprint density at radius 3 is 2.27 bits per heavy atom. The lowest BCUT2D eigenvalue weighted by Crippen LogP contribution is -2.55. The number of amides is 2. The summed E-state index contributed by atoms with van der Waals surface area (Å²) in [6.45, 7) is 10.7. The summed E-state index contributed by atoms with van der Waals surface area (Å²) in [5.41, 5.74) is 0. The summed E-state index contributed by atoms with van der Waals surface area (Å²) in [6, 6.07) is 0.346. The minimum absolute atomic E-state index is 0.0717. The van der Waals surface area contributed by atoms with Gasteiger partial charge in [0.1, 0.15) is 0 Å². The molecule has 0 bridgehead atoms. The first-order valence-electron chi connectivity index (χ1n) is 8.49. The average molecular weight is 310 g/mol. The minimum Gasteiger partial charge on any atom is -0.355 e. The molecule has 2 fully saturated rings. The SMILES string of the molecule is CC(C)CNC(=O)CN1CCN(C(C)C(=O)NC2CC2)CC1. The van der Waals surface area contributed by atoms with Gasteiger partial charge < -0.3 is 10.6 Å². The van der Waals surface area contributed by atoms with E-state index in [1.54, 1.807) is 0 Å². The Morgan fingerprint density at radius 1 is 1.09 bits per heavy atom. The smallest absolute Gasteiger partial charge is 0.237 e. The van der Waals surface area contributed by atoms with Crippen molar-refractivity contribution in [3.8, 4) is 0 Å². The van der Waals surface area contributed by atoms with Crippen LogP contribution in [0.2, 0.25) is 0 Å². The average Bonchev–Trinajstić information content (AvgIpc) is 3.29. The second-order valence-corrected chi connectivity index (χ2v) is 6.97. The van der Waals surface area contributed by atoms with Gasteiger partial charge in [-0.15, -0.1) is 0 Å². The van der Waals surface area contributed by atoms with Gasteiger partial charge in [-0.1, -0.05) is 13.8 Å². The molecule has 2 rings (SSSR count). The fourth-order valence-corrected chi connectivity index (χ4v) is 2.60. The molecule has 22 heavy (non-hydrogen) atoms. The molecule has 126 valence electrons. The molecule has 1 saturated carbocycles. The van der Waals surface area contributed by atoms with E-state index in [0.717, 1.165) is 45.6 Å². The largest absolute Gasteiger partial charge is 0.355 e. The Labute approximate surface area is 133 Å². The van der Waals surface area contributed by atoms with E-state index in [-0.39, 0.29) is 17.9 Å². The Hall–Kier alpha value is -1.14. The number of carbonyl (C=O) groups excluding carboxylic acids is 2. The van der Waals surface area contributed by atoms with E-state index in [0.29, 0.717) is 18.5 Å². The van der Waals surface area contributed by atoms with Crippen LogP contribution in [0.5, 0.6) is 0 Å². The van der Waals surface area contributed by atoms with E-state index in [1.165, 1.54) is 0 Å². The van der Waals surface area contributed by atoms with Crippen molar-refractivity contribution in [1.82, 2.24) is 20.4 Å². The summed E-state index contributed by atoms with van der Waals surface area (Å²) in [5, 5.41) is 6.02. The van der Waals surface area contributed by atoms with E-state index >= 15 is 0 Å². The van der Waals surface area contributed by atoms with Crippen molar-refractivity contribution in [3.05, 3.63) is 0 Å². The minimum atomic E-state index is -0.0717. The lowest BCUT2D eigenvalue weighted by molar-refractivity contribution is -0.128. The Morgan fingerprint density at radius 2 is 1.73 bits per heavy atom. The number of carbonyl (C=O) groups is 2. The van der Waals surface area contributed by atoms with Crippen LogP contribution in [0.15, 0.2) is 0 Å². The van der Waals surface area contributed by atoms with Crippen molar-refractivity contribution >= 4 is 11.8 Å². The summed E-state index contributed by atoms with van der Waals surface area (Å²) in [5.74, 6) is 0.721. The first-order valence-corrected chi connectivity index (χ1v) is 8.49. The molecule has 0 aromatic heterocycles. The predicted molar refractivity (Wildman–Crippen MR) is 86.5 cm³/mol. The maximum Gasteiger partial charge on any atom is 0.237 e. The van der Waals surface area contributed by atoms with Gasteiger partial charge in [-0.25, -0.2) is 0 Å². The first-order chi connectivity index (χ1) is 10.5.